The van der Waals surface area contributed by atoms with Gasteiger partial charge in [-0.15, -0.1) is 0 Å². The van der Waals surface area contributed by atoms with Crippen LogP contribution in [0.25, 0.3) is 22.6 Å². The number of hydrogen-bond donors (Lipinski definition) is 3. The van der Waals surface area contributed by atoms with Gasteiger partial charge in [-0.1, -0.05) is 30.3 Å². The Bertz CT molecular complexity index is 1340. The zero-order chi connectivity index (χ0) is 26.3. The number of aromatic amines is 1. The van der Waals surface area contributed by atoms with Gasteiger partial charge < -0.3 is 15.4 Å². The number of amides is 1. The van der Waals surface area contributed by atoms with Crippen LogP contribution in [0.15, 0.2) is 67.1 Å². The first kappa shape index (κ1) is 26.1. The van der Waals surface area contributed by atoms with Crippen LogP contribution < -0.4 is 5.32 Å². The van der Waals surface area contributed by atoms with E-state index in [0.717, 1.165) is 39.6 Å². The number of benzene rings is 1. The number of pyridine rings is 2. The number of H-pyrrole nitrogens is 1. The Morgan fingerprint density at radius 1 is 1.03 bits per heavy atom. The summed E-state index contributed by atoms with van der Waals surface area (Å²) in [5.41, 5.74) is 6.05. The maximum Gasteiger partial charge on any atom is 0.490 e. The van der Waals surface area contributed by atoms with Crippen LogP contribution in [-0.2, 0) is 11.3 Å². The Hall–Kier alpha value is -4.54. The van der Waals surface area contributed by atoms with Crippen LogP contribution in [0.3, 0.4) is 0 Å². The van der Waals surface area contributed by atoms with Crippen molar-refractivity contribution in [2.24, 2.45) is 0 Å². The molecule has 1 aromatic carbocycles. The van der Waals surface area contributed by atoms with Crippen molar-refractivity contribution in [1.29, 1.82) is 0 Å². The Balaban J connectivity index is 0.000000454. The van der Waals surface area contributed by atoms with Crippen molar-refractivity contribution in [3.63, 3.8) is 0 Å². The predicted octanol–water partition coefficient (Wildman–Crippen LogP) is 4.71. The van der Waals surface area contributed by atoms with Gasteiger partial charge in [-0.3, -0.25) is 14.8 Å². The zero-order valence-corrected chi connectivity index (χ0v) is 19.3. The van der Waals surface area contributed by atoms with Crippen LogP contribution in [-0.4, -0.2) is 43.1 Å². The summed E-state index contributed by atoms with van der Waals surface area (Å²) in [6, 6.07) is 15.5. The number of imidazole rings is 1. The van der Waals surface area contributed by atoms with Crippen molar-refractivity contribution in [3.8, 4) is 22.6 Å². The van der Waals surface area contributed by atoms with E-state index in [1.165, 1.54) is 0 Å². The van der Waals surface area contributed by atoms with Crippen molar-refractivity contribution in [2.75, 3.05) is 0 Å². The molecular formula is C25H22F3N5O3. The largest absolute Gasteiger partial charge is 0.490 e. The van der Waals surface area contributed by atoms with E-state index in [1.54, 1.807) is 18.6 Å². The summed E-state index contributed by atoms with van der Waals surface area (Å²) in [6.45, 7) is 4.41. The van der Waals surface area contributed by atoms with E-state index in [1.807, 2.05) is 62.4 Å². The van der Waals surface area contributed by atoms with Crippen LogP contribution >= 0.6 is 0 Å². The molecule has 0 unspecified atom stereocenters. The molecule has 0 saturated heterocycles. The molecule has 0 aliphatic rings. The third-order valence-corrected chi connectivity index (χ3v) is 5.00. The lowest BCUT2D eigenvalue weighted by atomic mass is 10.1. The fourth-order valence-corrected chi connectivity index (χ4v) is 3.01. The van der Waals surface area contributed by atoms with Gasteiger partial charge in [0.1, 0.15) is 5.69 Å². The van der Waals surface area contributed by atoms with Crippen LogP contribution in [0.1, 0.15) is 27.3 Å². The van der Waals surface area contributed by atoms with Crippen LogP contribution in [0.4, 0.5) is 13.2 Å². The normalized spacial score (nSPS) is 10.8. The first-order valence-corrected chi connectivity index (χ1v) is 10.6. The zero-order valence-electron chi connectivity index (χ0n) is 19.3. The molecule has 3 heterocycles. The summed E-state index contributed by atoms with van der Waals surface area (Å²) in [7, 11) is 0. The highest BCUT2D eigenvalue weighted by Gasteiger charge is 2.38. The summed E-state index contributed by atoms with van der Waals surface area (Å²) >= 11 is 0. The van der Waals surface area contributed by atoms with E-state index >= 15 is 0 Å². The summed E-state index contributed by atoms with van der Waals surface area (Å²) in [5, 5.41) is 10.1. The number of rotatable bonds is 5. The highest BCUT2D eigenvalue weighted by Crippen LogP contribution is 2.24. The molecule has 4 rings (SSSR count). The van der Waals surface area contributed by atoms with Crippen molar-refractivity contribution >= 4 is 11.9 Å². The van der Waals surface area contributed by atoms with Gasteiger partial charge in [-0.25, -0.2) is 9.78 Å². The highest BCUT2D eigenvalue weighted by atomic mass is 19.4. The Kier molecular flexibility index (Phi) is 8.15. The average molecular weight is 497 g/mol. The third-order valence-electron chi connectivity index (χ3n) is 5.00. The summed E-state index contributed by atoms with van der Waals surface area (Å²) in [6.07, 6.45) is -0.0308. The third kappa shape index (κ3) is 6.98. The monoisotopic (exact) mass is 497 g/mol. The number of carbonyl (C=O) groups excluding carboxylic acids is 1. The second-order valence-corrected chi connectivity index (χ2v) is 7.66. The molecule has 11 heteroatoms. The van der Waals surface area contributed by atoms with Gasteiger partial charge in [0.05, 0.1) is 11.3 Å². The number of carbonyl (C=O) groups is 2. The molecule has 0 spiro atoms. The molecule has 0 radical (unpaired) electrons. The van der Waals surface area contributed by atoms with E-state index in [2.05, 4.69) is 25.3 Å². The fourth-order valence-electron chi connectivity index (χ4n) is 3.01. The second kappa shape index (κ2) is 11.3. The Morgan fingerprint density at radius 2 is 1.72 bits per heavy atom. The molecular weight excluding hydrogens is 475 g/mol. The van der Waals surface area contributed by atoms with Gasteiger partial charge >= 0.3 is 12.1 Å². The SMILES string of the molecule is Cc1nc(-c2cc(-c3cncc(C(=O)NCc4ccccc4)c3)ccn2)[nH]c1C.O=C(O)C(F)(F)F. The molecule has 186 valence electrons. The number of aromatic nitrogens is 4. The van der Waals surface area contributed by atoms with Crippen molar-refractivity contribution < 1.29 is 27.9 Å². The smallest absolute Gasteiger partial charge is 0.475 e. The van der Waals surface area contributed by atoms with Gasteiger partial charge in [-0.05, 0) is 43.2 Å². The van der Waals surface area contributed by atoms with E-state index in [0.29, 0.717) is 12.1 Å². The highest BCUT2D eigenvalue weighted by molar-refractivity contribution is 5.95. The van der Waals surface area contributed by atoms with E-state index in [9.17, 15) is 18.0 Å². The minimum Gasteiger partial charge on any atom is -0.475 e. The van der Waals surface area contributed by atoms with Crippen molar-refractivity contribution in [1.82, 2.24) is 25.3 Å². The topological polar surface area (TPSA) is 121 Å². The number of nitrogens with one attached hydrogen (secondary N) is 2. The number of hydrogen-bond acceptors (Lipinski definition) is 5. The Labute approximate surface area is 204 Å². The van der Waals surface area contributed by atoms with Crippen LogP contribution in [0.2, 0.25) is 0 Å². The first-order valence-electron chi connectivity index (χ1n) is 10.6. The number of nitrogens with zero attached hydrogens (tertiary/aromatic N) is 3. The van der Waals surface area contributed by atoms with Crippen LogP contribution in [0.5, 0.6) is 0 Å². The molecule has 1 amide bonds. The molecule has 8 nitrogen and oxygen atoms in total. The second-order valence-electron chi connectivity index (χ2n) is 7.66. The van der Waals surface area contributed by atoms with Gasteiger partial charge in [0.15, 0.2) is 5.82 Å². The number of carboxylic acid groups (broad SMARTS) is 1. The lowest BCUT2D eigenvalue weighted by Gasteiger charge is -2.08. The quantitative estimate of drug-likeness (QED) is 0.367. The first-order chi connectivity index (χ1) is 17.0. The lowest BCUT2D eigenvalue weighted by molar-refractivity contribution is -0.192. The van der Waals surface area contributed by atoms with Gasteiger partial charge in [0.25, 0.3) is 5.91 Å². The van der Waals surface area contributed by atoms with Crippen molar-refractivity contribution in [3.05, 3.63) is 89.6 Å². The fraction of sp³-hybridized carbons (Fsp3) is 0.160. The van der Waals surface area contributed by atoms with E-state index in [4.69, 9.17) is 9.90 Å². The maximum atomic E-state index is 12.6. The molecule has 0 saturated carbocycles. The molecule has 36 heavy (non-hydrogen) atoms. The van der Waals surface area contributed by atoms with E-state index in [-0.39, 0.29) is 5.91 Å². The molecule has 4 aromatic rings. The minimum atomic E-state index is -5.08. The van der Waals surface area contributed by atoms with Gasteiger partial charge in [-0.2, -0.15) is 13.2 Å². The van der Waals surface area contributed by atoms with Gasteiger partial charge in [0.2, 0.25) is 0 Å². The number of carboxylic acids is 1. The molecule has 0 atom stereocenters. The number of halogens is 3. The predicted molar refractivity (Wildman–Crippen MR) is 126 cm³/mol. The maximum absolute atomic E-state index is 12.6. The number of alkyl halides is 3. The lowest BCUT2D eigenvalue weighted by Crippen LogP contribution is -2.22. The summed E-state index contributed by atoms with van der Waals surface area (Å²) in [5.74, 6) is -2.19. The number of aryl methyl sites for hydroxylation is 2. The van der Waals surface area contributed by atoms with Crippen molar-refractivity contribution in [2.45, 2.75) is 26.6 Å². The molecule has 0 bridgehead atoms. The molecule has 0 fully saturated rings. The summed E-state index contributed by atoms with van der Waals surface area (Å²) in [4.78, 5) is 37.9. The standard InChI is InChI=1S/C23H21N5O.C2HF3O2/c1-15-16(2)28-22(27-15)21-11-18(8-9-25-21)19-10-20(14-24-13-19)23(29)26-12-17-6-4-3-5-7-17;3-2(4,5)1(6)7/h3-11,13-14H,12H2,1-2H3,(H,26,29)(H,27,28);(H,6,7). The van der Waals surface area contributed by atoms with E-state index < -0.39 is 12.1 Å². The average Bonchev–Trinajstić information content (AvgIpc) is 3.21. The minimum absolute atomic E-state index is 0.158. The summed E-state index contributed by atoms with van der Waals surface area (Å²) < 4.78 is 31.7. The molecule has 0 aliphatic carbocycles. The van der Waals surface area contributed by atoms with Crippen LogP contribution in [0, 0.1) is 13.8 Å². The van der Waals surface area contributed by atoms with Gasteiger partial charge in [0, 0.05) is 36.4 Å². The number of aliphatic carboxylic acids is 1. The molecule has 0 aliphatic heterocycles. The molecule has 3 N–H and O–H groups in total. The Morgan fingerprint density at radius 3 is 2.33 bits per heavy atom. The molecule has 3 aromatic heterocycles.